The first kappa shape index (κ1) is 9.58. The van der Waals surface area contributed by atoms with Crippen molar-refractivity contribution in [2.45, 2.75) is 6.92 Å². The molecule has 0 aliphatic heterocycles. The van der Waals surface area contributed by atoms with Gasteiger partial charge in [-0.05, 0) is 25.1 Å². The first-order chi connectivity index (χ1) is 7.20. The lowest BCUT2D eigenvalue weighted by molar-refractivity contribution is 0.112. The van der Waals surface area contributed by atoms with E-state index in [0.29, 0.717) is 5.56 Å². The maximum atomic E-state index is 10.5. The van der Waals surface area contributed by atoms with Crippen molar-refractivity contribution in [2.24, 2.45) is 7.05 Å². The van der Waals surface area contributed by atoms with Crippen molar-refractivity contribution < 1.29 is 4.79 Å². The van der Waals surface area contributed by atoms with E-state index in [1.165, 1.54) is 0 Å². The Kier molecular flexibility index (Phi) is 2.33. The van der Waals surface area contributed by atoms with E-state index in [2.05, 4.69) is 10.1 Å². The number of hydrogen-bond donors (Lipinski definition) is 0. The smallest absolute Gasteiger partial charge is 0.151 e. The van der Waals surface area contributed by atoms with Crippen molar-refractivity contribution in [3.05, 3.63) is 35.7 Å². The highest BCUT2D eigenvalue weighted by Gasteiger charge is 2.04. The number of nitrogens with zero attached hydrogens (tertiary/aromatic N) is 3. The Hall–Kier alpha value is -1.97. The minimum absolute atomic E-state index is 0.575. The molecule has 0 amide bonds. The molecule has 0 saturated carbocycles. The number of carbonyl (C=O) groups excluding carboxylic acids is 1. The SMILES string of the molecule is Cc1cc(-c2ccc(C=O)cn2)nn1C. The van der Waals surface area contributed by atoms with Gasteiger partial charge >= 0.3 is 0 Å². The fourth-order valence-corrected chi connectivity index (χ4v) is 1.31. The lowest BCUT2D eigenvalue weighted by atomic mass is 10.2. The summed E-state index contributed by atoms with van der Waals surface area (Å²) in [6.45, 7) is 1.98. The Bertz CT molecular complexity index is 466. The normalized spacial score (nSPS) is 10.3. The summed E-state index contributed by atoms with van der Waals surface area (Å²) in [5.41, 5.74) is 3.26. The van der Waals surface area contributed by atoms with E-state index in [1.807, 2.05) is 20.0 Å². The topological polar surface area (TPSA) is 47.8 Å². The molecule has 0 saturated heterocycles. The van der Waals surface area contributed by atoms with Crippen molar-refractivity contribution in [1.29, 1.82) is 0 Å². The first-order valence-corrected chi connectivity index (χ1v) is 4.63. The number of hydrogen-bond acceptors (Lipinski definition) is 3. The molecule has 2 aromatic rings. The fourth-order valence-electron chi connectivity index (χ4n) is 1.31. The lowest BCUT2D eigenvalue weighted by Crippen LogP contribution is -1.93. The molecule has 4 heteroatoms. The zero-order valence-electron chi connectivity index (χ0n) is 8.64. The van der Waals surface area contributed by atoms with Gasteiger partial charge in [0, 0.05) is 24.5 Å². The second kappa shape index (κ2) is 3.65. The zero-order chi connectivity index (χ0) is 10.8. The lowest BCUT2D eigenvalue weighted by Gasteiger charge is -1.95. The van der Waals surface area contributed by atoms with Gasteiger partial charge in [0.05, 0.1) is 5.69 Å². The number of carbonyl (C=O) groups is 1. The summed E-state index contributed by atoms with van der Waals surface area (Å²) in [5.74, 6) is 0. The summed E-state index contributed by atoms with van der Waals surface area (Å²) in [6.07, 6.45) is 2.33. The van der Waals surface area contributed by atoms with Crippen LogP contribution in [0.5, 0.6) is 0 Å². The third kappa shape index (κ3) is 1.79. The Balaban J connectivity index is 2.41. The summed E-state index contributed by atoms with van der Waals surface area (Å²) in [5, 5.41) is 4.30. The summed E-state index contributed by atoms with van der Waals surface area (Å²) >= 11 is 0. The zero-order valence-corrected chi connectivity index (χ0v) is 8.64. The van der Waals surface area contributed by atoms with E-state index in [9.17, 15) is 4.79 Å². The molecule has 0 spiro atoms. The number of aromatic nitrogens is 3. The monoisotopic (exact) mass is 201 g/mol. The molecule has 0 aliphatic carbocycles. The number of pyridine rings is 1. The van der Waals surface area contributed by atoms with E-state index in [-0.39, 0.29) is 0 Å². The highest BCUT2D eigenvalue weighted by molar-refractivity contribution is 5.74. The quantitative estimate of drug-likeness (QED) is 0.693. The van der Waals surface area contributed by atoms with Gasteiger partial charge in [-0.1, -0.05) is 0 Å². The standard InChI is InChI=1S/C11H11N3O/c1-8-5-11(13-14(8)2)10-4-3-9(7-15)6-12-10/h3-7H,1-2H3. The van der Waals surface area contributed by atoms with Crippen LogP contribution >= 0.6 is 0 Å². The maximum absolute atomic E-state index is 10.5. The van der Waals surface area contributed by atoms with Gasteiger partial charge in [0.1, 0.15) is 5.69 Å². The van der Waals surface area contributed by atoms with Gasteiger partial charge in [-0.15, -0.1) is 0 Å². The Morgan fingerprint density at radius 1 is 1.33 bits per heavy atom. The van der Waals surface area contributed by atoms with Crippen LogP contribution < -0.4 is 0 Å². The van der Waals surface area contributed by atoms with Crippen LogP contribution in [0.4, 0.5) is 0 Å². The average molecular weight is 201 g/mol. The van der Waals surface area contributed by atoms with E-state index >= 15 is 0 Å². The molecule has 2 rings (SSSR count). The molecule has 0 unspecified atom stereocenters. The molecule has 0 N–H and O–H groups in total. The summed E-state index contributed by atoms with van der Waals surface area (Å²) in [6, 6.07) is 5.49. The third-order valence-corrected chi connectivity index (χ3v) is 2.30. The van der Waals surface area contributed by atoms with E-state index < -0.39 is 0 Å². The molecule has 4 nitrogen and oxygen atoms in total. The Morgan fingerprint density at radius 3 is 2.60 bits per heavy atom. The minimum atomic E-state index is 0.575. The van der Waals surface area contributed by atoms with E-state index in [1.54, 1.807) is 23.0 Å². The van der Waals surface area contributed by atoms with Gasteiger partial charge in [-0.3, -0.25) is 14.5 Å². The third-order valence-electron chi connectivity index (χ3n) is 2.30. The van der Waals surface area contributed by atoms with Crippen molar-refractivity contribution in [3.63, 3.8) is 0 Å². The van der Waals surface area contributed by atoms with E-state index in [0.717, 1.165) is 23.4 Å². The molecule has 0 atom stereocenters. The summed E-state index contributed by atoms with van der Waals surface area (Å²) < 4.78 is 1.80. The molecule has 76 valence electrons. The van der Waals surface area contributed by atoms with Crippen molar-refractivity contribution in [2.75, 3.05) is 0 Å². The predicted octanol–water partition coefficient (Wildman–Crippen LogP) is 1.60. The Labute approximate surface area is 87.6 Å². The molecule has 0 aromatic carbocycles. The van der Waals surface area contributed by atoms with E-state index in [4.69, 9.17) is 0 Å². The molecule has 2 heterocycles. The van der Waals surface area contributed by atoms with Gasteiger partial charge in [0.25, 0.3) is 0 Å². The number of aldehydes is 1. The van der Waals surface area contributed by atoms with Gasteiger partial charge in [0.15, 0.2) is 6.29 Å². The molecule has 0 aliphatic rings. The second-order valence-corrected chi connectivity index (χ2v) is 3.39. The van der Waals surface area contributed by atoms with Crippen LogP contribution in [-0.4, -0.2) is 21.1 Å². The highest BCUT2D eigenvalue weighted by Crippen LogP contribution is 2.15. The van der Waals surface area contributed by atoms with Crippen molar-refractivity contribution in [1.82, 2.24) is 14.8 Å². The highest BCUT2D eigenvalue weighted by atomic mass is 16.1. The van der Waals surface area contributed by atoms with Crippen LogP contribution in [0.15, 0.2) is 24.4 Å². The van der Waals surface area contributed by atoms with Crippen LogP contribution in [0.3, 0.4) is 0 Å². The molecule has 0 bridgehead atoms. The molecular formula is C11H11N3O. The van der Waals surface area contributed by atoms with Crippen LogP contribution in [0, 0.1) is 6.92 Å². The molecule has 15 heavy (non-hydrogen) atoms. The summed E-state index contributed by atoms with van der Waals surface area (Å²) in [7, 11) is 1.89. The van der Waals surface area contributed by atoms with Crippen LogP contribution in [0.2, 0.25) is 0 Å². The van der Waals surface area contributed by atoms with Gasteiger partial charge in [-0.25, -0.2) is 0 Å². The number of rotatable bonds is 2. The molecular weight excluding hydrogens is 190 g/mol. The largest absolute Gasteiger partial charge is 0.298 e. The summed E-state index contributed by atoms with van der Waals surface area (Å²) in [4.78, 5) is 14.6. The fraction of sp³-hybridized carbons (Fsp3) is 0.182. The van der Waals surface area contributed by atoms with Crippen LogP contribution in [0.25, 0.3) is 11.4 Å². The van der Waals surface area contributed by atoms with Crippen molar-refractivity contribution >= 4 is 6.29 Å². The molecule has 2 aromatic heterocycles. The first-order valence-electron chi connectivity index (χ1n) is 4.63. The van der Waals surface area contributed by atoms with Crippen LogP contribution in [0.1, 0.15) is 16.1 Å². The van der Waals surface area contributed by atoms with Gasteiger partial charge in [-0.2, -0.15) is 5.10 Å². The van der Waals surface area contributed by atoms with Gasteiger partial charge in [0.2, 0.25) is 0 Å². The molecule has 0 radical (unpaired) electrons. The van der Waals surface area contributed by atoms with Crippen LogP contribution in [-0.2, 0) is 7.05 Å². The Morgan fingerprint density at radius 2 is 2.13 bits per heavy atom. The maximum Gasteiger partial charge on any atom is 0.151 e. The molecule has 0 fully saturated rings. The minimum Gasteiger partial charge on any atom is -0.298 e. The predicted molar refractivity (Wildman–Crippen MR) is 56.6 cm³/mol. The number of aryl methyl sites for hydroxylation is 2. The van der Waals surface area contributed by atoms with Gasteiger partial charge < -0.3 is 0 Å². The average Bonchev–Trinajstić information content (AvgIpc) is 2.59. The van der Waals surface area contributed by atoms with Crippen molar-refractivity contribution in [3.8, 4) is 11.4 Å². The second-order valence-electron chi connectivity index (χ2n) is 3.39.